The van der Waals surface area contributed by atoms with Gasteiger partial charge in [-0.05, 0) is 64.1 Å². The van der Waals surface area contributed by atoms with Crippen molar-refractivity contribution in [3.63, 3.8) is 0 Å². The Kier molecular flexibility index (Phi) is 6.51. The van der Waals surface area contributed by atoms with Crippen LogP contribution in [-0.4, -0.2) is 24.1 Å². The van der Waals surface area contributed by atoms with Crippen molar-refractivity contribution in [1.82, 2.24) is 0 Å². The zero-order valence-corrected chi connectivity index (χ0v) is 17.6. The fraction of sp³-hybridized carbons (Fsp3) is 0.238. The van der Waals surface area contributed by atoms with Crippen LogP contribution in [0.5, 0.6) is 5.75 Å². The van der Waals surface area contributed by atoms with E-state index in [1.54, 1.807) is 24.3 Å². The Labute approximate surface area is 180 Å². The molecule has 5 nitrogen and oxygen atoms in total. The third-order valence-corrected chi connectivity index (χ3v) is 5.06. The van der Waals surface area contributed by atoms with Crippen LogP contribution in [0.15, 0.2) is 42.5 Å². The zero-order valence-electron chi connectivity index (χ0n) is 15.5. The normalized spacial score (nSPS) is 17.9. The second kappa shape index (κ2) is 8.89. The van der Waals surface area contributed by atoms with Crippen molar-refractivity contribution in [3.8, 4) is 5.75 Å². The highest BCUT2D eigenvalue weighted by Gasteiger charge is 2.26. The molecule has 2 aromatic carbocycles. The third kappa shape index (κ3) is 5.31. The molecule has 1 amide bonds. The molecule has 2 aromatic rings. The lowest BCUT2D eigenvalue weighted by atomic mass is 9.98. The van der Waals surface area contributed by atoms with E-state index in [1.165, 1.54) is 13.0 Å². The Bertz CT molecular complexity index is 993. The van der Waals surface area contributed by atoms with Gasteiger partial charge < -0.3 is 15.2 Å². The molecule has 0 saturated carbocycles. The summed E-state index contributed by atoms with van der Waals surface area (Å²) in [5.74, 6) is -2.35. The van der Waals surface area contributed by atoms with Gasteiger partial charge in [0.05, 0.1) is 5.56 Å². The first-order chi connectivity index (χ1) is 13.7. The van der Waals surface area contributed by atoms with E-state index in [9.17, 15) is 18.4 Å². The first-order valence-corrected chi connectivity index (χ1v) is 9.89. The average molecular weight is 513 g/mol. The van der Waals surface area contributed by atoms with Gasteiger partial charge in [0.2, 0.25) is 0 Å². The number of carbonyl (C=O) groups is 2. The Hall–Kier alpha value is -2.49. The van der Waals surface area contributed by atoms with Crippen LogP contribution >= 0.6 is 22.6 Å². The van der Waals surface area contributed by atoms with Crippen LogP contribution in [0.1, 0.15) is 34.8 Å². The van der Waals surface area contributed by atoms with Crippen LogP contribution in [0.3, 0.4) is 0 Å². The van der Waals surface area contributed by atoms with Gasteiger partial charge in [-0.25, -0.2) is 8.78 Å². The van der Waals surface area contributed by atoms with Crippen molar-refractivity contribution in [2.24, 2.45) is 5.73 Å². The van der Waals surface area contributed by atoms with Crippen molar-refractivity contribution in [2.75, 3.05) is 0 Å². The maximum absolute atomic E-state index is 14.2. The van der Waals surface area contributed by atoms with Crippen LogP contribution in [0.25, 0.3) is 0 Å². The van der Waals surface area contributed by atoms with Gasteiger partial charge in [-0.1, -0.05) is 6.07 Å². The molecule has 0 bridgehead atoms. The number of halogens is 3. The van der Waals surface area contributed by atoms with Crippen LogP contribution < -0.4 is 10.5 Å². The third-order valence-electron chi connectivity index (χ3n) is 4.39. The molecular weight excluding hydrogens is 495 g/mol. The van der Waals surface area contributed by atoms with Crippen molar-refractivity contribution < 1.29 is 27.8 Å². The van der Waals surface area contributed by atoms with Gasteiger partial charge in [-0.15, -0.1) is 0 Å². The highest BCUT2D eigenvalue weighted by Crippen LogP contribution is 2.30. The molecule has 0 spiro atoms. The minimum atomic E-state index is -0.806. The molecule has 2 atom stereocenters. The van der Waals surface area contributed by atoms with Gasteiger partial charge in [0.25, 0.3) is 5.91 Å². The molecule has 1 aliphatic rings. The smallest absolute Gasteiger partial charge is 0.303 e. The Morgan fingerprint density at radius 3 is 2.52 bits per heavy atom. The maximum Gasteiger partial charge on any atom is 0.303 e. The summed E-state index contributed by atoms with van der Waals surface area (Å²) in [6.45, 7) is 1.30. The summed E-state index contributed by atoms with van der Waals surface area (Å²) in [6.07, 6.45) is 2.66. The molecule has 0 heterocycles. The SMILES string of the molecule is CC(=O)O[C@@H]1C=C[C@H](Oc2cc(F)cc(Cc3ccc(I)cc3F)c2C(N)=O)C1. The number of nitrogens with two attached hydrogens (primary N) is 1. The number of carbonyl (C=O) groups excluding carboxylic acids is 2. The molecule has 1 aliphatic carbocycles. The lowest BCUT2D eigenvalue weighted by molar-refractivity contribution is -0.144. The highest BCUT2D eigenvalue weighted by atomic mass is 127. The highest BCUT2D eigenvalue weighted by molar-refractivity contribution is 14.1. The van der Waals surface area contributed by atoms with Crippen LogP contribution in [-0.2, 0) is 16.0 Å². The average Bonchev–Trinajstić information content (AvgIpc) is 3.02. The molecular formula is C21H18F2INO4. The summed E-state index contributed by atoms with van der Waals surface area (Å²) in [6, 6.07) is 6.88. The summed E-state index contributed by atoms with van der Waals surface area (Å²) in [5.41, 5.74) is 6.05. The number of hydrogen-bond acceptors (Lipinski definition) is 4. The fourth-order valence-electron chi connectivity index (χ4n) is 3.20. The summed E-state index contributed by atoms with van der Waals surface area (Å²) in [5, 5.41) is 0. The Balaban J connectivity index is 1.89. The lowest BCUT2D eigenvalue weighted by Gasteiger charge is -2.18. The predicted octanol–water partition coefficient (Wildman–Crippen LogP) is 3.90. The molecule has 2 N–H and O–H groups in total. The largest absolute Gasteiger partial charge is 0.485 e. The van der Waals surface area contributed by atoms with Gasteiger partial charge in [0, 0.05) is 29.4 Å². The van der Waals surface area contributed by atoms with E-state index in [0.717, 1.165) is 15.7 Å². The first kappa shape index (κ1) is 21.2. The molecule has 3 rings (SSSR count). The van der Waals surface area contributed by atoms with E-state index in [1.807, 2.05) is 22.6 Å². The van der Waals surface area contributed by atoms with Crippen molar-refractivity contribution in [2.45, 2.75) is 32.0 Å². The molecule has 0 aromatic heterocycles. The van der Waals surface area contributed by atoms with Gasteiger partial charge in [0.1, 0.15) is 29.6 Å². The number of rotatable bonds is 6. The Morgan fingerprint density at radius 1 is 1.14 bits per heavy atom. The van der Waals surface area contributed by atoms with E-state index in [4.69, 9.17) is 15.2 Å². The molecule has 8 heteroatoms. The molecule has 29 heavy (non-hydrogen) atoms. The van der Waals surface area contributed by atoms with E-state index in [0.29, 0.717) is 12.0 Å². The number of primary amides is 1. The zero-order chi connectivity index (χ0) is 21.1. The number of esters is 1. The standard InChI is InChI=1S/C21H18F2INO4/c1-11(26)28-16-4-5-17(10-16)29-19-8-14(22)7-13(20(19)21(25)27)6-12-2-3-15(24)9-18(12)23/h2-5,7-9,16-17H,6,10H2,1H3,(H2,25,27)/t16-,17+/m1/s1. The quantitative estimate of drug-likeness (QED) is 0.361. The molecule has 152 valence electrons. The molecule has 0 saturated heterocycles. The first-order valence-electron chi connectivity index (χ1n) is 8.81. The minimum absolute atomic E-state index is 0.00585. The van der Waals surface area contributed by atoms with Gasteiger partial charge >= 0.3 is 5.97 Å². The van der Waals surface area contributed by atoms with E-state index in [2.05, 4.69) is 0 Å². The number of ether oxygens (including phenoxy) is 2. The molecule has 0 radical (unpaired) electrons. The van der Waals surface area contributed by atoms with E-state index in [-0.39, 0.29) is 23.3 Å². The fourth-order valence-corrected chi connectivity index (χ4v) is 3.66. The summed E-state index contributed by atoms with van der Waals surface area (Å²) >= 11 is 1.99. The minimum Gasteiger partial charge on any atom is -0.485 e. The van der Waals surface area contributed by atoms with Crippen molar-refractivity contribution in [1.29, 1.82) is 0 Å². The van der Waals surface area contributed by atoms with E-state index < -0.39 is 35.7 Å². The molecule has 0 aliphatic heterocycles. The van der Waals surface area contributed by atoms with Crippen molar-refractivity contribution in [3.05, 3.63) is 74.4 Å². The summed E-state index contributed by atoms with van der Waals surface area (Å²) in [4.78, 5) is 23.2. The van der Waals surface area contributed by atoms with Crippen LogP contribution in [0.4, 0.5) is 8.78 Å². The van der Waals surface area contributed by atoms with Crippen LogP contribution in [0, 0.1) is 15.2 Å². The van der Waals surface area contributed by atoms with Gasteiger partial charge in [-0.3, -0.25) is 9.59 Å². The number of benzene rings is 2. The second-order valence-electron chi connectivity index (χ2n) is 6.64. The van der Waals surface area contributed by atoms with Gasteiger partial charge in [0.15, 0.2) is 0 Å². The van der Waals surface area contributed by atoms with Crippen LogP contribution in [0.2, 0.25) is 0 Å². The summed E-state index contributed by atoms with van der Waals surface area (Å²) < 4.78 is 40.1. The lowest BCUT2D eigenvalue weighted by Crippen LogP contribution is -2.21. The number of hydrogen-bond donors (Lipinski definition) is 1. The molecule has 0 unspecified atom stereocenters. The predicted molar refractivity (Wildman–Crippen MR) is 111 cm³/mol. The monoisotopic (exact) mass is 513 g/mol. The summed E-state index contributed by atoms with van der Waals surface area (Å²) in [7, 11) is 0. The molecule has 0 fully saturated rings. The Morgan fingerprint density at radius 2 is 1.86 bits per heavy atom. The number of amides is 1. The van der Waals surface area contributed by atoms with Gasteiger partial charge in [-0.2, -0.15) is 0 Å². The maximum atomic E-state index is 14.2. The van der Waals surface area contributed by atoms with Crippen molar-refractivity contribution >= 4 is 34.5 Å². The second-order valence-corrected chi connectivity index (χ2v) is 7.89. The topological polar surface area (TPSA) is 78.6 Å². The van der Waals surface area contributed by atoms with E-state index >= 15 is 0 Å².